The highest BCUT2D eigenvalue weighted by Crippen LogP contribution is 2.36. The van der Waals surface area contributed by atoms with Crippen molar-refractivity contribution < 1.29 is 22.7 Å². The molecule has 0 amide bonds. The van der Waals surface area contributed by atoms with Crippen LogP contribution >= 0.6 is 0 Å². The minimum absolute atomic E-state index is 0.0440. The van der Waals surface area contributed by atoms with Gasteiger partial charge >= 0.3 is 12.1 Å². The van der Waals surface area contributed by atoms with Gasteiger partial charge in [0.1, 0.15) is 6.04 Å². The zero-order chi connectivity index (χ0) is 14.9. The van der Waals surface area contributed by atoms with E-state index in [1.165, 1.54) is 13.2 Å². The van der Waals surface area contributed by atoms with Gasteiger partial charge in [-0.05, 0) is 30.0 Å². The van der Waals surface area contributed by atoms with Gasteiger partial charge in [0, 0.05) is 0 Å². The van der Waals surface area contributed by atoms with Crippen molar-refractivity contribution in [1.29, 1.82) is 0 Å². The fraction of sp³-hybridized carbons (Fsp3) is 0.462. The third-order valence-corrected chi connectivity index (χ3v) is 3.30. The molecular weight excluding hydrogens is 273 g/mol. The van der Waals surface area contributed by atoms with Gasteiger partial charge in [-0.25, -0.2) is 0 Å². The van der Waals surface area contributed by atoms with Crippen molar-refractivity contribution in [2.24, 2.45) is 0 Å². The van der Waals surface area contributed by atoms with Gasteiger partial charge in [0.2, 0.25) is 0 Å². The lowest BCUT2D eigenvalue weighted by Crippen LogP contribution is -2.39. The maximum atomic E-state index is 12.7. The van der Waals surface area contributed by atoms with Crippen LogP contribution in [0.4, 0.5) is 24.5 Å². The first-order valence-corrected chi connectivity index (χ1v) is 6.12. The van der Waals surface area contributed by atoms with E-state index in [2.05, 4.69) is 10.1 Å². The van der Waals surface area contributed by atoms with Crippen LogP contribution in [0.3, 0.4) is 0 Å². The molecule has 110 valence electrons. The SMILES string of the molecule is COC(=O)Cc1cc(N)c2c(c1)CCC(C(F)(F)F)N2. The average Bonchev–Trinajstić information content (AvgIpc) is 2.37. The molecule has 0 aromatic heterocycles. The number of rotatable bonds is 2. The minimum atomic E-state index is -4.30. The van der Waals surface area contributed by atoms with Crippen molar-refractivity contribution in [2.45, 2.75) is 31.5 Å². The van der Waals surface area contributed by atoms with Crippen LogP contribution in [0.1, 0.15) is 17.5 Å². The molecule has 0 spiro atoms. The number of anilines is 2. The summed E-state index contributed by atoms with van der Waals surface area (Å²) in [4.78, 5) is 11.2. The Balaban J connectivity index is 2.25. The summed E-state index contributed by atoms with van der Waals surface area (Å²) in [5.74, 6) is -0.415. The van der Waals surface area contributed by atoms with Gasteiger partial charge in [0.15, 0.2) is 0 Å². The topological polar surface area (TPSA) is 64.3 Å². The molecule has 1 aromatic rings. The lowest BCUT2D eigenvalue weighted by Gasteiger charge is -2.30. The Morgan fingerprint density at radius 2 is 2.20 bits per heavy atom. The van der Waals surface area contributed by atoms with Crippen LogP contribution in [-0.4, -0.2) is 25.3 Å². The molecule has 0 saturated carbocycles. The van der Waals surface area contributed by atoms with E-state index in [4.69, 9.17) is 5.73 Å². The van der Waals surface area contributed by atoms with Crippen LogP contribution in [0.5, 0.6) is 0 Å². The Bertz CT molecular complexity index is 529. The Morgan fingerprint density at radius 1 is 1.50 bits per heavy atom. The number of esters is 1. The number of aryl methyl sites for hydroxylation is 1. The zero-order valence-corrected chi connectivity index (χ0v) is 10.9. The second-order valence-corrected chi connectivity index (χ2v) is 4.75. The Hall–Kier alpha value is -1.92. The monoisotopic (exact) mass is 288 g/mol. The number of nitrogen functional groups attached to an aromatic ring is 1. The van der Waals surface area contributed by atoms with E-state index < -0.39 is 18.2 Å². The van der Waals surface area contributed by atoms with Crippen molar-refractivity contribution in [3.8, 4) is 0 Å². The van der Waals surface area contributed by atoms with Crippen LogP contribution in [0.15, 0.2) is 12.1 Å². The number of carbonyl (C=O) groups excluding carboxylic acids is 1. The van der Waals surface area contributed by atoms with E-state index in [-0.39, 0.29) is 24.9 Å². The predicted molar refractivity (Wildman–Crippen MR) is 68.4 cm³/mol. The number of nitrogens with two attached hydrogens (primary N) is 1. The fourth-order valence-corrected chi connectivity index (χ4v) is 2.30. The van der Waals surface area contributed by atoms with Gasteiger partial charge in [0.05, 0.1) is 24.9 Å². The summed E-state index contributed by atoms with van der Waals surface area (Å²) in [6, 6.07) is 1.62. The number of benzene rings is 1. The summed E-state index contributed by atoms with van der Waals surface area (Å²) < 4.78 is 42.7. The van der Waals surface area contributed by atoms with E-state index in [1.54, 1.807) is 6.07 Å². The van der Waals surface area contributed by atoms with Gasteiger partial charge in [-0.15, -0.1) is 0 Å². The number of ether oxygens (including phenoxy) is 1. The molecule has 20 heavy (non-hydrogen) atoms. The number of carbonyl (C=O) groups is 1. The summed E-state index contributed by atoms with van der Waals surface area (Å²) >= 11 is 0. The molecule has 1 aromatic carbocycles. The van der Waals surface area contributed by atoms with Crippen LogP contribution < -0.4 is 11.1 Å². The molecule has 0 bridgehead atoms. The molecule has 1 aliphatic rings. The molecular formula is C13H15F3N2O2. The standard InChI is InChI=1S/C13H15F3N2O2/c1-20-11(19)6-7-4-8-2-3-10(13(14,15)16)18-12(8)9(17)5-7/h4-5,10,18H,2-3,6,17H2,1H3. The van der Waals surface area contributed by atoms with E-state index in [9.17, 15) is 18.0 Å². The molecule has 3 N–H and O–H groups in total. The third-order valence-electron chi connectivity index (χ3n) is 3.30. The molecule has 7 heteroatoms. The van der Waals surface area contributed by atoms with E-state index in [0.717, 1.165) is 0 Å². The number of fused-ring (bicyclic) bond motifs is 1. The second kappa shape index (κ2) is 5.22. The van der Waals surface area contributed by atoms with Crippen LogP contribution in [0.2, 0.25) is 0 Å². The summed E-state index contributed by atoms with van der Waals surface area (Å²) in [6.07, 6.45) is -4.02. The minimum Gasteiger partial charge on any atom is -0.469 e. The van der Waals surface area contributed by atoms with Crippen molar-refractivity contribution in [2.75, 3.05) is 18.2 Å². The largest absolute Gasteiger partial charge is 0.469 e. The molecule has 1 atom stereocenters. The quantitative estimate of drug-likeness (QED) is 0.647. The first-order valence-electron chi connectivity index (χ1n) is 6.12. The maximum absolute atomic E-state index is 12.7. The number of hydrogen-bond acceptors (Lipinski definition) is 4. The zero-order valence-electron chi connectivity index (χ0n) is 10.9. The van der Waals surface area contributed by atoms with Crippen molar-refractivity contribution in [3.05, 3.63) is 23.3 Å². The number of nitrogens with one attached hydrogen (secondary N) is 1. The fourth-order valence-electron chi connectivity index (χ4n) is 2.30. The second-order valence-electron chi connectivity index (χ2n) is 4.75. The predicted octanol–water partition coefficient (Wildman–Crippen LogP) is 2.27. The molecule has 1 heterocycles. The van der Waals surface area contributed by atoms with Crippen molar-refractivity contribution in [1.82, 2.24) is 0 Å². The highest BCUT2D eigenvalue weighted by atomic mass is 19.4. The van der Waals surface area contributed by atoms with Crippen LogP contribution in [0.25, 0.3) is 0 Å². The highest BCUT2D eigenvalue weighted by Gasteiger charge is 2.41. The van der Waals surface area contributed by atoms with Gasteiger partial charge < -0.3 is 15.8 Å². The molecule has 0 fully saturated rings. The summed E-state index contributed by atoms with van der Waals surface area (Å²) in [6.45, 7) is 0. The van der Waals surface area contributed by atoms with Crippen LogP contribution in [0, 0.1) is 0 Å². The highest BCUT2D eigenvalue weighted by molar-refractivity contribution is 5.77. The summed E-state index contributed by atoms with van der Waals surface area (Å²) in [5.41, 5.74) is 7.65. The smallest absolute Gasteiger partial charge is 0.408 e. The maximum Gasteiger partial charge on any atom is 0.408 e. The van der Waals surface area contributed by atoms with E-state index >= 15 is 0 Å². The molecule has 1 unspecified atom stereocenters. The normalized spacial score (nSPS) is 18.1. The first kappa shape index (κ1) is 14.5. The van der Waals surface area contributed by atoms with Crippen molar-refractivity contribution in [3.63, 3.8) is 0 Å². The van der Waals surface area contributed by atoms with Gasteiger partial charge in [0.25, 0.3) is 0 Å². The van der Waals surface area contributed by atoms with Crippen LogP contribution in [-0.2, 0) is 22.4 Å². The first-order chi connectivity index (χ1) is 9.31. The number of halogens is 3. The van der Waals surface area contributed by atoms with Gasteiger partial charge in [-0.3, -0.25) is 4.79 Å². The molecule has 0 saturated heterocycles. The molecule has 0 aliphatic carbocycles. The molecule has 1 aliphatic heterocycles. The molecule has 4 nitrogen and oxygen atoms in total. The average molecular weight is 288 g/mol. The van der Waals surface area contributed by atoms with Crippen molar-refractivity contribution >= 4 is 17.3 Å². The number of alkyl halides is 3. The number of methoxy groups -OCH3 is 1. The molecule has 2 rings (SSSR count). The lowest BCUT2D eigenvalue weighted by atomic mass is 9.94. The Kier molecular flexibility index (Phi) is 3.78. The summed E-state index contributed by atoms with van der Waals surface area (Å²) in [7, 11) is 1.28. The van der Waals surface area contributed by atoms with E-state index in [1.807, 2.05) is 0 Å². The third kappa shape index (κ3) is 2.97. The Labute approximate surface area is 114 Å². The van der Waals surface area contributed by atoms with Gasteiger partial charge in [-0.2, -0.15) is 13.2 Å². The van der Waals surface area contributed by atoms with E-state index in [0.29, 0.717) is 16.8 Å². The molecule has 0 radical (unpaired) electrons. The lowest BCUT2D eigenvalue weighted by molar-refractivity contribution is -0.144. The number of hydrogen-bond donors (Lipinski definition) is 2. The van der Waals surface area contributed by atoms with Gasteiger partial charge in [-0.1, -0.05) is 6.07 Å². The Morgan fingerprint density at radius 3 is 2.80 bits per heavy atom. The summed E-state index contributed by atoms with van der Waals surface area (Å²) in [5, 5.41) is 2.43.